The van der Waals surface area contributed by atoms with Crippen molar-refractivity contribution in [3.63, 3.8) is 0 Å². The van der Waals surface area contributed by atoms with Crippen molar-refractivity contribution in [3.8, 4) is 44.9 Å². The second kappa shape index (κ2) is 9.35. The molecule has 6 aromatic carbocycles. The standard InChI is InChI=1S/C42H27N3/c1-2-11-27(12-3-1)45-38-20-9-7-15-30(38)36-25-26(21-24-39(36)45)42-43-37-19-8-6-16-35(37)41(44-42)34-23-22-33-29-14-5-4-13-28(29)31-17-10-18-32(34)40(31)33/h2,4-25H,1,3H2. The van der Waals surface area contributed by atoms with Crippen molar-refractivity contribution >= 4 is 49.2 Å². The zero-order valence-corrected chi connectivity index (χ0v) is 24.5. The highest BCUT2D eigenvalue weighted by Gasteiger charge is 2.24. The minimum Gasteiger partial charge on any atom is -0.310 e. The number of nitrogens with zero attached hydrogens (tertiary/aromatic N) is 3. The number of hydrogen-bond acceptors (Lipinski definition) is 2. The summed E-state index contributed by atoms with van der Waals surface area (Å²) in [5.74, 6) is 0.741. The molecule has 2 heterocycles. The lowest BCUT2D eigenvalue weighted by Gasteiger charge is -2.13. The van der Waals surface area contributed by atoms with E-state index in [-0.39, 0.29) is 0 Å². The Morgan fingerprint density at radius 2 is 1.22 bits per heavy atom. The first-order valence-electron chi connectivity index (χ1n) is 15.7. The molecule has 2 aliphatic carbocycles. The molecular weight excluding hydrogens is 546 g/mol. The van der Waals surface area contributed by atoms with Gasteiger partial charge in [0.15, 0.2) is 5.82 Å². The molecule has 0 saturated heterocycles. The lowest BCUT2D eigenvalue weighted by atomic mass is 9.95. The Kier molecular flexibility index (Phi) is 5.11. The van der Waals surface area contributed by atoms with Crippen molar-refractivity contribution in [2.45, 2.75) is 12.8 Å². The SMILES string of the molecule is C1=CC(n2c3ccccc3c3cc(-c4nc(-c5ccc6c7c(cccc57)-c5ccccc5-6)c5ccccc5n4)ccc32)=CCC1. The summed E-state index contributed by atoms with van der Waals surface area (Å²) in [4.78, 5) is 10.5. The molecule has 0 atom stereocenters. The zero-order chi connectivity index (χ0) is 29.5. The van der Waals surface area contributed by atoms with Crippen LogP contribution in [0, 0.1) is 0 Å². The molecule has 0 N–H and O–H groups in total. The van der Waals surface area contributed by atoms with Crippen molar-refractivity contribution in [2.24, 2.45) is 0 Å². The Balaban J connectivity index is 1.21. The van der Waals surface area contributed by atoms with E-state index in [0.29, 0.717) is 0 Å². The van der Waals surface area contributed by atoms with Crippen LogP contribution in [0.25, 0.3) is 94.1 Å². The van der Waals surface area contributed by atoms with Crippen LogP contribution in [0.15, 0.2) is 140 Å². The Morgan fingerprint density at radius 3 is 2.09 bits per heavy atom. The minimum atomic E-state index is 0.741. The monoisotopic (exact) mass is 573 g/mol. The molecule has 3 heteroatoms. The average molecular weight is 574 g/mol. The van der Waals surface area contributed by atoms with Gasteiger partial charge in [0.05, 0.1) is 22.2 Å². The number of hydrogen-bond donors (Lipinski definition) is 0. The Labute approximate surface area is 260 Å². The van der Waals surface area contributed by atoms with Gasteiger partial charge in [-0.2, -0.15) is 0 Å². The van der Waals surface area contributed by atoms with E-state index in [2.05, 4.69) is 144 Å². The topological polar surface area (TPSA) is 30.7 Å². The molecule has 0 bridgehead atoms. The first-order valence-corrected chi connectivity index (χ1v) is 15.7. The van der Waals surface area contributed by atoms with E-state index in [1.54, 1.807) is 0 Å². The van der Waals surface area contributed by atoms with Gasteiger partial charge in [-0.25, -0.2) is 9.97 Å². The lowest BCUT2D eigenvalue weighted by Crippen LogP contribution is -1.97. The van der Waals surface area contributed by atoms with Crippen molar-refractivity contribution in [2.75, 3.05) is 0 Å². The van der Waals surface area contributed by atoms with Crippen LogP contribution in [-0.4, -0.2) is 14.5 Å². The maximum Gasteiger partial charge on any atom is 0.160 e. The predicted molar refractivity (Wildman–Crippen MR) is 188 cm³/mol. The number of benzene rings is 6. The third-order valence-corrected chi connectivity index (χ3v) is 9.57. The van der Waals surface area contributed by atoms with Crippen LogP contribution in [0.5, 0.6) is 0 Å². The molecule has 3 nitrogen and oxygen atoms in total. The summed E-state index contributed by atoms with van der Waals surface area (Å²) in [6.45, 7) is 0. The number of allylic oxidation sites excluding steroid dienone is 4. The van der Waals surface area contributed by atoms with Gasteiger partial charge in [0.1, 0.15) is 0 Å². The molecule has 0 radical (unpaired) electrons. The highest BCUT2D eigenvalue weighted by atomic mass is 15.0. The second-order valence-electron chi connectivity index (χ2n) is 12.0. The van der Waals surface area contributed by atoms with Crippen molar-refractivity contribution in [1.29, 1.82) is 0 Å². The van der Waals surface area contributed by atoms with Crippen LogP contribution in [0.3, 0.4) is 0 Å². The summed E-state index contributed by atoms with van der Waals surface area (Å²) in [5, 5.41) is 6.04. The summed E-state index contributed by atoms with van der Waals surface area (Å²) >= 11 is 0. The Bertz CT molecular complexity index is 2570. The van der Waals surface area contributed by atoms with Gasteiger partial charge in [0.25, 0.3) is 0 Å². The van der Waals surface area contributed by atoms with Gasteiger partial charge in [0.2, 0.25) is 0 Å². The maximum absolute atomic E-state index is 5.36. The molecule has 0 spiro atoms. The Hall–Kier alpha value is -5.80. The average Bonchev–Trinajstić information content (AvgIpc) is 3.62. The molecule has 2 aliphatic rings. The molecule has 10 rings (SSSR count). The molecule has 0 fully saturated rings. The van der Waals surface area contributed by atoms with E-state index in [1.165, 1.54) is 60.5 Å². The van der Waals surface area contributed by atoms with Crippen LogP contribution in [0.2, 0.25) is 0 Å². The smallest absolute Gasteiger partial charge is 0.160 e. The Morgan fingerprint density at radius 1 is 0.511 bits per heavy atom. The number of rotatable bonds is 3. The van der Waals surface area contributed by atoms with Gasteiger partial charge in [-0.1, -0.05) is 103 Å². The molecule has 45 heavy (non-hydrogen) atoms. The molecule has 2 aromatic heterocycles. The molecule has 0 aliphatic heterocycles. The second-order valence-corrected chi connectivity index (χ2v) is 12.0. The van der Waals surface area contributed by atoms with E-state index < -0.39 is 0 Å². The summed E-state index contributed by atoms with van der Waals surface area (Å²) < 4.78 is 2.39. The number of fused-ring (bicyclic) bond motifs is 7. The van der Waals surface area contributed by atoms with Gasteiger partial charge >= 0.3 is 0 Å². The molecular formula is C42H27N3. The van der Waals surface area contributed by atoms with E-state index >= 15 is 0 Å². The van der Waals surface area contributed by atoms with E-state index in [0.717, 1.165) is 46.4 Å². The predicted octanol–water partition coefficient (Wildman–Crippen LogP) is 11.1. The molecule has 0 unspecified atom stereocenters. The third-order valence-electron chi connectivity index (χ3n) is 9.57. The highest BCUT2D eigenvalue weighted by Crippen LogP contribution is 2.49. The summed E-state index contributed by atoms with van der Waals surface area (Å²) in [5.41, 5.74) is 12.9. The van der Waals surface area contributed by atoms with Gasteiger partial charge in [-0.3, -0.25) is 0 Å². The minimum absolute atomic E-state index is 0.741. The summed E-state index contributed by atoms with van der Waals surface area (Å²) in [6, 6.07) is 43.7. The quantitative estimate of drug-likeness (QED) is 0.210. The lowest BCUT2D eigenvalue weighted by molar-refractivity contribution is 1.02. The number of para-hydroxylation sites is 2. The molecule has 0 amide bonds. The fraction of sp³-hybridized carbons (Fsp3) is 0.0476. The summed E-state index contributed by atoms with van der Waals surface area (Å²) in [7, 11) is 0. The largest absolute Gasteiger partial charge is 0.310 e. The van der Waals surface area contributed by atoms with Crippen molar-refractivity contribution in [3.05, 3.63) is 140 Å². The first-order chi connectivity index (χ1) is 22.3. The molecule has 210 valence electrons. The van der Waals surface area contributed by atoms with Crippen LogP contribution < -0.4 is 0 Å². The maximum atomic E-state index is 5.36. The van der Waals surface area contributed by atoms with Crippen molar-refractivity contribution < 1.29 is 0 Å². The van der Waals surface area contributed by atoms with Crippen LogP contribution >= 0.6 is 0 Å². The first kappa shape index (κ1) is 24.6. The third kappa shape index (κ3) is 3.52. The van der Waals surface area contributed by atoms with Crippen molar-refractivity contribution in [1.82, 2.24) is 14.5 Å². The zero-order valence-electron chi connectivity index (χ0n) is 24.5. The fourth-order valence-corrected chi connectivity index (χ4v) is 7.58. The van der Waals surface area contributed by atoms with Gasteiger partial charge < -0.3 is 4.57 Å². The van der Waals surface area contributed by atoms with E-state index in [1.807, 2.05) is 0 Å². The van der Waals surface area contributed by atoms with E-state index in [4.69, 9.17) is 9.97 Å². The number of aromatic nitrogens is 3. The normalized spacial score (nSPS) is 13.6. The van der Waals surface area contributed by atoms with Gasteiger partial charge in [0, 0.05) is 33.0 Å². The van der Waals surface area contributed by atoms with E-state index in [9.17, 15) is 0 Å². The van der Waals surface area contributed by atoms with Crippen LogP contribution in [0.1, 0.15) is 12.8 Å². The highest BCUT2D eigenvalue weighted by molar-refractivity contribution is 6.19. The van der Waals surface area contributed by atoms with Gasteiger partial charge in [-0.05, 0) is 82.3 Å². The van der Waals surface area contributed by atoms with Gasteiger partial charge in [-0.15, -0.1) is 0 Å². The summed E-state index contributed by atoms with van der Waals surface area (Å²) in [6.07, 6.45) is 9.02. The molecule has 0 saturated carbocycles. The van der Waals surface area contributed by atoms with Crippen LogP contribution in [0.4, 0.5) is 0 Å². The fourth-order valence-electron chi connectivity index (χ4n) is 7.58. The molecule has 8 aromatic rings. The van der Waals surface area contributed by atoms with Crippen LogP contribution in [-0.2, 0) is 0 Å².